The molecule has 0 unspecified atom stereocenters. The van der Waals surface area contributed by atoms with Crippen LogP contribution in [0.1, 0.15) is 31.2 Å². The molecule has 0 atom stereocenters. The summed E-state index contributed by atoms with van der Waals surface area (Å²) in [6.45, 7) is 0.633. The van der Waals surface area contributed by atoms with Crippen LogP contribution in [0.5, 0.6) is 5.75 Å². The Morgan fingerprint density at radius 3 is 2.65 bits per heavy atom. The second-order valence-electron chi connectivity index (χ2n) is 7.40. The topological polar surface area (TPSA) is 128 Å². The van der Waals surface area contributed by atoms with E-state index in [1.165, 1.54) is 18.2 Å². The Bertz CT molecular complexity index is 904. The number of benzene rings is 1. The highest BCUT2D eigenvalue weighted by molar-refractivity contribution is 5.57. The number of nitrogens with one attached hydrogen (secondary N) is 2. The number of nitrogens with zero attached hydrogens (tertiary/aromatic N) is 3. The van der Waals surface area contributed by atoms with Gasteiger partial charge in [-0.1, -0.05) is 12.1 Å². The number of hydrogen-bond acceptors (Lipinski definition) is 8. The van der Waals surface area contributed by atoms with E-state index in [2.05, 4.69) is 25.3 Å². The van der Waals surface area contributed by atoms with E-state index in [0.717, 1.165) is 31.9 Å². The number of nitrogens with two attached hydrogens (primary N) is 1. The molecule has 0 radical (unpaired) electrons. The quantitative estimate of drug-likeness (QED) is 0.417. The Morgan fingerprint density at radius 1 is 1.23 bits per heavy atom. The van der Waals surface area contributed by atoms with Gasteiger partial charge in [0.1, 0.15) is 11.9 Å². The molecule has 1 saturated carbocycles. The van der Waals surface area contributed by atoms with Crippen molar-refractivity contribution in [3.8, 4) is 5.75 Å². The maximum atomic E-state index is 12.4. The van der Waals surface area contributed by atoms with Gasteiger partial charge >= 0.3 is 12.0 Å². The molecule has 4 N–H and O–H groups in total. The van der Waals surface area contributed by atoms with Gasteiger partial charge in [0.15, 0.2) is 0 Å². The number of rotatable bonds is 8. The van der Waals surface area contributed by atoms with Gasteiger partial charge in [-0.2, -0.15) is 4.98 Å². The van der Waals surface area contributed by atoms with Gasteiger partial charge in [0, 0.05) is 19.1 Å². The van der Waals surface area contributed by atoms with E-state index < -0.39 is 11.3 Å². The zero-order chi connectivity index (χ0) is 22.4. The van der Waals surface area contributed by atoms with E-state index in [9.17, 15) is 23.3 Å². The van der Waals surface area contributed by atoms with Crippen molar-refractivity contribution in [2.45, 2.75) is 44.6 Å². The van der Waals surface area contributed by atoms with Crippen LogP contribution in [0.25, 0.3) is 0 Å². The first-order chi connectivity index (χ1) is 14.7. The van der Waals surface area contributed by atoms with Gasteiger partial charge in [-0.15, -0.1) is 13.2 Å². The average Bonchev–Trinajstić information content (AvgIpc) is 2.71. The maximum Gasteiger partial charge on any atom is 0.573 e. The highest BCUT2D eigenvalue weighted by Crippen LogP contribution is 2.27. The van der Waals surface area contributed by atoms with Gasteiger partial charge < -0.3 is 21.1 Å². The van der Waals surface area contributed by atoms with Crippen LogP contribution in [0.4, 0.5) is 30.6 Å². The molecular formula is C19H23F3N6O3. The van der Waals surface area contributed by atoms with Gasteiger partial charge in [0.05, 0.1) is 4.92 Å². The Labute approximate surface area is 176 Å². The molecule has 1 aromatic heterocycles. The number of hydrogen-bond donors (Lipinski definition) is 3. The maximum absolute atomic E-state index is 12.4. The third kappa shape index (κ3) is 6.95. The van der Waals surface area contributed by atoms with Crippen LogP contribution in [0, 0.1) is 16.0 Å². The smallest absolute Gasteiger partial charge is 0.406 e. The molecule has 1 aliphatic carbocycles. The molecule has 0 amide bonds. The summed E-state index contributed by atoms with van der Waals surface area (Å²) in [7, 11) is 0. The van der Waals surface area contributed by atoms with Crippen molar-refractivity contribution in [1.82, 2.24) is 9.97 Å². The van der Waals surface area contributed by atoms with Crippen LogP contribution in [0.3, 0.4) is 0 Å². The standard InChI is InChI=1S/C19H23F3N6O3/c20-19(21,22)31-15-3-1-2-13(8-15)10-25-18-26-11-16(28(29)30)17(27-18)24-9-12-4-6-14(23)7-5-12/h1-3,8,11-12,14H,4-7,9-10,23H2,(H2,24,25,26,27)/t12-,14-. The number of halogens is 3. The molecule has 0 bridgehead atoms. The van der Waals surface area contributed by atoms with Gasteiger partial charge in [-0.3, -0.25) is 10.1 Å². The van der Waals surface area contributed by atoms with Crippen LogP contribution in [-0.2, 0) is 6.54 Å². The fourth-order valence-corrected chi connectivity index (χ4v) is 3.39. The molecule has 1 heterocycles. The average molecular weight is 440 g/mol. The van der Waals surface area contributed by atoms with E-state index in [0.29, 0.717) is 18.0 Å². The number of nitro groups is 1. The largest absolute Gasteiger partial charge is 0.573 e. The van der Waals surface area contributed by atoms with Crippen molar-refractivity contribution < 1.29 is 22.8 Å². The molecule has 0 spiro atoms. The van der Waals surface area contributed by atoms with Crippen LogP contribution in [0.15, 0.2) is 30.5 Å². The lowest BCUT2D eigenvalue weighted by atomic mass is 9.86. The van der Waals surface area contributed by atoms with Crippen molar-refractivity contribution in [3.05, 3.63) is 46.1 Å². The molecule has 1 fully saturated rings. The molecule has 0 saturated heterocycles. The van der Waals surface area contributed by atoms with Crippen molar-refractivity contribution in [1.29, 1.82) is 0 Å². The molecule has 1 aliphatic rings. The first-order valence-electron chi connectivity index (χ1n) is 9.79. The first kappa shape index (κ1) is 22.5. The minimum absolute atomic E-state index is 0.0894. The first-order valence-corrected chi connectivity index (χ1v) is 9.79. The third-order valence-corrected chi connectivity index (χ3v) is 5.00. The fourth-order valence-electron chi connectivity index (χ4n) is 3.39. The number of ether oxygens (including phenoxy) is 1. The summed E-state index contributed by atoms with van der Waals surface area (Å²) in [5.41, 5.74) is 6.15. The normalized spacial score (nSPS) is 19.0. The molecule has 2 aromatic rings. The molecular weight excluding hydrogens is 417 g/mol. The zero-order valence-corrected chi connectivity index (χ0v) is 16.6. The summed E-state index contributed by atoms with van der Waals surface area (Å²) in [5.74, 6) is 0.209. The van der Waals surface area contributed by atoms with Gasteiger partial charge in [-0.05, 0) is 49.3 Å². The monoisotopic (exact) mass is 440 g/mol. The Hall–Kier alpha value is -3.15. The van der Waals surface area contributed by atoms with Crippen molar-refractivity contribution in [2.24, 2.45) is 11.7 Å². The van der Waals surface area contributed by atoms with Gasteiger partial charge in [0.25, 0.3) is 0 Å². The van der Waals surface area contributed by atoms with Crippen LogP contribution < -0.4 is 21.1 Å². The molecule has 9 nitrogen and oxygen atoms in total. The molecule has 168 valence electrons. The summed E-state index contributed by atoms with van der Waals surface area (Å²) < 4.78 is 41.0. The summed E-state index contributed by atoms with van der Waals surface area (Å²) in [6.07, 6.45) is 0.0301. The van der Waals surface area contributed by atoms with E-state index in [-0.39, 0.29) is 35.8 Å². The van der Waals surface area contributed by atoms with Crippen molar-refractivity contribution >= 4 is 17.5 Å². The van der Waals surface area contributed by atoms with Crippen molar-refractivity contribution in [3.63, 3.8) is 0 Å². The van der Waals surface area contributed by atoms with Crippen LogP contribution in [-0.4, -0.2) is 33.8 Å². The SMILES string of the molecule is N[C@H]1CC[C@H](CNc2nc(NCc3cccc(OC(F)(F)F)c3)ncc2[N+](=O)[O-])CC1. The summed E-state index contributed by atoms with van der Waals surface area (Å²) >= 11 is 0. The van der Waals surface area contributed by atoms with E-state index in [1.54, 1.807) is 6.07 Å². The highest BCUT2D eigenvalue weighted by Gasteiger charge is 2.31. The minimum atomic E-state index is -4.78. The number of aromatic nitrogens is 2. The summed E-state index contributed by atoms with van der Waals surface area (Å²) in [4.78, 5) is 18.8. The second kappa shape index (κ2) is 9.77. The lowest BCUT2D eigenvalue weighted by Gasteiger charge is -2.26. The zero-order valence-electron chi connectivity index (χ0n) is 16.6. The fraction of sp³-hybridized carbons (Fsp3) is 0.474. The Kier molecular flexibility index (Phi) is 7.10. The number of alkyl halides is 3. The number of anilines is 2. The molecule has 0 aliphatic heterocycles. The summed E-state index contributed by atoms with van der Waals surface area (Å²) in [5, 5.41) is 17.2. The third-order valence-electron chi connectivity index (χ3n) is 5.00. The van der Waals surface area contributed by atoms with E-state index in [1.807, 2.05) is 0 Å². The van der Waals surface area contributed by atoms with Gasteiger partial charge in [-0.25, -0.2) is 4.98 Å². The predicted molar refractivity (Wildman–Crippen MR) is 108 cm³/mol. The minimum Gasteiger partial charge on any atom is -0.406 e. The Balaban J connectivity index is 1.64. The van der Waals surface area contributed by atoms with Crippen LogP contribution in [0.2, 0.25) is 0 Å². The van der Waals surface area contributed by atoms with Crippen molar-refractivity contribution in [2.75, 3.05) is 17.2 Å². The van der Waals surface area contributed by atoms with E-state index >= 15 is 0 Å². The van der Waals surface area contributed by atoms with Gasteiger partial charge in [0.2, 0.25) is 11.8 Å². The molecule has 31 heavy (non-hydrogen) atoms. The Morgan fingerprint density at radius 2 is 1.97 bits per heavy atom. The summed E-state index contributed by atoms with van der Waals surface area (Å²) in [6, 6.07) is 5.67. The molecule has 3 rings (SSSR count). The molecule has 12 heteroatoms. The predicted octanol–water partition coefficient (Wildman–Crippen LogP) is 3.82. The lowest BCUT2D eigenvalue weighted by Crippen LogP contribution is -2.29. The lowest BCUT2D eigenvalue weighted by molar-refractivity contribution is -0.384. The van der Waals surface area contributed by atoms with E-state index in [4.69, 9.17) is 5.73 Å². The molecule has 1 aromatic carbocycles. The van der Waals surface area contributed by atoms with Crippen LogP contribution >= 0.6 is 0 Å². The second-order valence-corrected chi connectivity index (χ2v) is 7.40. The highest BCUT2D eigenvalue weighted by atomic mass is 19.4.